The number of carbonyl (C=O) groups is 1. The van der Waals surface area contributed by atoms with Gasteiger partial charge < -0.3 is 15.2 Å². The molecule has 4 aromatic carbocycles. The Kier molecular flexibility index (Phi) is 7.63. The number of anilines is 2. The predicted molar refractivity (Wildman–Crippen MR) is 169 cm³/mol. The molecule has 0 saturated heterocycles. The molecule has 10 heteroatoms. The number of sulfone groups is 1. The number of nitrogens with one attached hydrogen (secondary N) is 1. The number of ether oxygens (including phenoxy) is 1. The van der Waals surface area contributed by atoms with Crippen molar-refractivity contribution in [1.29, 1.82) is 0 Å². The highest BCUT2D eigenvalue weighted by atomic mass is 35.5. The summed E-state index contributed by atoms with van der Waals surface area (Å²) in [6, 6.07) is 23.1. The predicted octanol–water partition coefficient (Wildman–Crippen LogP) is 7.78. The van der Waals surface area contributed by atoms with Gasteiger partial charge in [-0.15, -0.1) is 0 Å². The van der Waals surface area contributed by atoms with Crippen molar-refractivity contribution in [3.63, 3.8) is 0 Å². The summed E-state index contributed by atoms with van der Waals surface area (Å²) in [7, 11) is -4.04. The minimum Gasteiger partial charge on any atom is -0.506 e. The molecule has 6 rings (SSSR count). The van der Waals surface area contributed by atoms with Gasteiger partial charge in [0, 0.05) is 17.3 Å². The maximum absolute atomic E-state index is 16.3. The fourth-order valence-electron chi connectivity index (χ4n) is 5.96. The van der Waals surface area contributed by atoms with Crippen LogP contribution in [0.5, 0.6) is 17.2 Å². The van der Waals surface area contributed by atoms with Crippen LogP contribution in [0.1, 0.15) is 37.4 Å². The Morgan fingerprint density at radius 2 is 1.77 bits per heavy atom. The normalized spacial score (nSPS) is 18.5. The van der Waals surface area contributed by atoms with Crippen molar-refractivity contribution in [1.82, 2.24) is 0 Å². The van der Waals surface area contributed by atoms with E-state index in [4.69, 9.17) is 16.3 Å². The molecule has 4 aromatic rings. The van der Waals surface area contributed by atoms with Crippen LogP contribution >= 0.6 is 11.6 Å². The number of halogens is 2. The molecule has 2 aliphatic rings. The van der Waals surface area contributed by atoms with E-state index in [2.05, 4.69) is 5.32 Å². The van der Waals surface area contributed by atoms with Gasteiger partial charge in [0.05, 0.1) is 27.8 Å². The number of rotatable bonds is 5. The van der Waals surface area contributed by atoms with Crippen LogP contribution in [-0.2, 0) is 21.1 Å². The zero-order valence-corrected chi connectivity index (χ0v) is 25.6. The van der Waals surface area contributed by atoms with Gasteiger partial charge in [0.25, 0.3) is 0 Å². The van der Waals surface area contributed by atoms with E-state index < -0.39 is 33.0 Å². The molecule has 0 fully saturated rings. The molecule has 2 heterocycles. The van der Waals surface area contributed by atoms with E-state index in [1.807, 2.05) is 19.9 Å². The summed E-state index contributed by atoms with van der Waals surface area (Å²) >= 11 is 6.23. The van der Waals surface area contributed by atoms with Crippen molar-refractivity contribution >= 4 is 38.7 Å². The van der Waals surface area contributed by atoms with Crippen LogP contribution in [0.4, 0.5) is 15.8 Å². The average molecular weight is 633 g/mol. The molecule has 44 heavy (non-hydrogen) atoms. The van der Waals surface area contributed by atoms with Crippen molar-refractivity contribution in [2.24, 2.45) is 5.41 Å². The van der Waals surface area contributed by atoms with Gasteiger partial charge in [-0.05, 0) is 53.8 Å². The maximum atomic E-state index is 16.3. The summed E-state index contributed by atoms with van der Waals surface area (Å²) in [5.74, 6) is -1.14. The molecular formula is C34H30ClFN2O5S. The number of benzene rings is 4. The van der Waals surface area contributed by atoms with Crippen molar-refractivity contribution in [3.05, 3.63) is 124 Å². The fourth-order valence-corrected chi connectivity index (χ4v) is 8.50. The Morgan fingerprint density at radius 3 is 2.50 bits per heavy atom. The number of phenolic OH excluding ortho intramolecular Hbond substituents is 1. The molecule has 0 aromatic heterocycles. The van der Waals surface area contributed by atoms with Crippen LogP contribution in [0.25, 0.3) is 0 Å². The second kappa shape index (κ2) is 11.3. The van der Waals surface area contributed by atoms with E-state index in [-0.39, 0.29) is 45.5 Å². The first-order chi connectivity index (χ1) is 20.9. The highest BCUT2D eigenvalue weighted by molar-refractivity contribution is 7.95. The minimum atomic E-state index is -4.04. The van der Waals surface area contributed by atoms with Crippen LogP contribution in [0.2, 0.25) is 5.02 Å². The van der Waals surface area contributed by atoms with Gasteiger partial charge in [-0.25, -0.2) is 12.8 Å². The van der Waals surface area contributed by atoms with Gasteiger partial charge in [0.2, 0.25) is 5.91 Å². The van der Waals surface area contributed by atoms with Crippen molar-refractivity contribution in [2.75, 3.05) is 16.0 Å². The Balaban J connectivity index is 1.56. The van der Waals surface area contributed by atoms with Crippen LogP contribution in [0, 0.1) is 11.2 Å². The van der Waals surface area contributed by atoms with Gasteiger partial charge in [-0.1, -0.05) is 74.0 Å². The van der Waals surface area contributed by atoms with Gasteiger partial charge in [-0.3, -0.25) is 9.69 Å². The van der Waals surface area contributed by atoms with E-state index >= 15 is 4.39 Å². The smallest absolute Gasteiger partial charge is 0.232 e. The fraction of sp³-hybridized carbons (Fsp3) is 0.206. The topological polar surface area (TPSA) is 95.9 Å². The zero-order chi connectivity index (χ0) is 31.2. The first kappa shape index (κ1) is 29.7. The molecule has 7 nitrogen and oxygen atoms in total. The van der Waals surface area contributed by atoms with Crippen molar-refractivity contribution in [3.8, 4) is 17.2 Å². The summed E-state index contributed by atoms with van der Waals surface area (Å²) in [4.78, 5) is 15.5. The molecule has 0 aliphatic carbocycles. The third-order valence-electron chi connectivity index (χ3n) is 7.73. The summed E-state index contributed by atoms with van der Waals surface area (Å²) in [6.07, 6.45) is 0.206. The highest BCUT2D eigenvalue weighted by Crippen LogP contribution is 2.52. The lowest BCUT2D eigenvalue weighted by Gasteiger charge is -2.37. The Bertz CT molecular complexity index is 1910. The third-order valence-corrected chi connectivity index (χ3v) is 10.3. The highest BCUT2D eigenvalue weighted by Gasteiger charge is 2.47. The lowest BCUT2D eigenvalue weighted by atomic mass is 9.88. The van der Waals surface area contributed by atoms with Crippen molar-refractivity contribution < 1.29 is 27.4 Å². The van der Waals surface area contributed by atoms with Crippen molar-refractivity contribution in [2.45, 2.75) is 32.7 Å². The minimum absolute atomic E-state index is 0.0355. The monoisotopic (exact) mass is 632 g/mol. The lowest BCUT2D eigenvalue weighted by Crippen LogP contribution is -2.42. The zero-order valence-electron chi connectivity index (χ0n) is 24.1. The Morgan fingerprint density at radius 1 is 1.05 bits per heavy atom. The van der Waals surface area contributed by atoms with Crippen LogP contribution in [0.15, 0.2) is 102 Å². The van der Waals surface area contributed by atoms with E-state index in [1.54, 1.807) is 60.7 Å². The molecule has 0 saturated carbocycles. The third kappa shape index (κ3) is 5.65. The average Bonchev–Trinajstić information content (AvgIpc) is 3.09. The number of aromatic hydroxyl groups is 1. The van der Waals surface area contributed by atoms with Crippen LogP contribution in [-0.4, -0.2) is 25.2 Å². The summed E-state index contributed by atoms with van der Waals surface area (Å²) < 4.78 is 50.4. The molecule has 2 aliphatic heterocycles. The molecule has 0 spiro atoms. The Hall–Kier alpha value is -4.34. The van der Waals surface area contributed by atoms with Crippen LogP contribution < -0.4 is 15.0 Å². The molecule has 0 bridgehead atoms. The molecule has 1 atom stereocenters. The molecular weight excluding hydrogens is 603 g/mol. The quantitative estimate of drug-likeness (QED) is 0.218. The number of hydrogen-bond donors (Lipinski definition) is 2. The number of amides is 1. The molecule has 0 radical (unpaired) electrons. The number of carbonyl (C=O) groups excluding carboxylic acids is 1. The summed E-state index contributed by atoms with van der Waals surface area (Å²) in [6.45, 7) is 3.67. The molecule has 1 unspecified atom stereocenters. The number of fused-ring (bicyclic) bond motifs is 1. The van der Waals surface area contributed by atoms with E-state index in [0.29, 0.717) is 28.5 Å². The molecule has 2 N–H and O–H groups in total. The van der Waals surface area contributed by atoms with Gasteiger partial charge in [-0.2, -0.15) is 0 Å². The SMILES string of the molecule is CC1(C)CC2=C(C(c3ccc(Oc4ccccc4Cl)cc3F)N(C(=O)Cc3ccccc3)c3cccc(O)c3N2)S(=O)(=O)C1. The number of para-hydroxylation sites is 2. The van der Waals surface area contributed by atoms with Gasteiger partial charge >= 0.3 is 0 Å². The number of hydrogen-bond acceptors (Lipinski definition) is 6. The lowest BCUT2D eigenvalue weighted by molar-refractivity contribution is -0.118. The van der Waals surface area contributed by atoms with E-state index in [9.17, 15) is 18.3 Å². The van der Waals surface area contributed by atoms with E-state index in [0.717, 1.165) is 6.07 Å². The second-order valence-electron chi connectivity index (χ2n) is 11.8. The molecule has 1 amide bonds. The van der Waals surface area contributed by atoms with Gasteiger partial charge in [0.1, 0.15) is 34.8 Å². The standard InChI is InChI=1S/C34H30ClFN2O5S/c1-34(2)19-26-33(44(41,42)20-34)32(23-16-15-22(18-25(23)36)43-29-14-7-6-11-24(29)35)38(27-12-8-13-28(39)31(27)37-26)30(40)17-21-9-4-3-5-10-21/h3-16,18,32,37,39H,17,19-20H2,1-2H3. The summed E-state index contributed by atoms with van der Waals surface area (Å²) in [5.41, 5.74) is 0.714. The largest absolute Gasteiger partial charge is 0.506 e. The van der Waals surface area contributed by atoms with E-state index in [1.165, 1.54) is 23.1 Å². The van der Waals surface area contributed by atoms with Crippen LogP contribution in [0.3, 0.4) is 0 Å². The summed E-state index contributed by atoms with van der Waals surface area (Å²) in [5, 5.41) is 14.5. The number of allylic oxidation sites excluding steroid dienone is 1. The maximum Gasteiger partial charge on any atom is 0.232 e. The number of nitrogens with zero attached hydrogens (tertiary/aromatic N) is 1. The first-order valence-corrected chi connectivity index (χ1v) is 16.1. The second-order valence-corrected chi connectivity index (χ2v) is 14.1. The van der Waals surface area contributed by atoms with Gasteiger partial charge in [0.15, 0.2) is 9.84 Å². The Labute approximate surface area is 260 Å². The first-order valence-electron chi connectivity index (χ1n) is 14.1. The number of phenols is 1. The molecule has 226 valence electrons.